The maximum absolute atomic E-state index is 4.56. The fourth-order valence-corrected chi connectivity index (χ4v) is 3.86. The third-order valence-electron chi connectivity index (χ3n) is 5.04. The maximum Gasteiger partial charge on any atom is 0.200 e. The molecule has 0 aromatic carbocycles. The molecular formula is C15H19N9. The van der Waals surface area contributed by atoms with Gasteiger partial charge in [0.15, 0.2) is 17.3 Å². The number of aromatic nitrogens is 8. The quantitative estimate of drug-likeness (QED) is 0.699. The first-order chi connectivity index (χ1) is 11.9. The largest absolute Gasteiger partial charge is 0.345 e. The first-order valence-electron chi connectivity index (χ1n) is 8.64. The zero-order chi connectivity index (χ0) is 15.9. The summed E-state index contributed by atoms with van der Waals surface area (Å²) in [7, 11) is 0. The van der Waals surface area contributed by atoms with E-state index in [9.17, 15) is 0 Å². The number of aryl methyl sites for hydroxylation is 1. The van der Waals surface area contributed by atoms with Crippen molar-refractivity contribution in [1.82, 2.24) is 40.0 Å². The molecular weight excluding hydrogens is 306 g/mol. The van der Waals surface area contributed by atoms with Crippen molar-refractivity contribution in [3.8, 4) is 0 Å². The first kappa shape index (κ1) is 13.8. The van der Waals surface area contributed by atoms with E-state index in [1.807, 2.05) is 12.1 Å². The number of rotatable bonds is 2. The molecule has 0 saturated carbocycles. The Morgan fingerprint density at radius 1 is 0.958 bits per heavy atom. The van der Waals surface area contributed by atoms with Crippen LogP contribution in [0.15, 0.2) is 12.1 Å². The fourth-order valence-electron chi connectivity index (χ4n) is 3.86. The third kappa shape index (κ3) is 2.15. The van der Waals surface area contributed by atoms with E-state index in [1.165, 1.54) is 23.9 Å². The lowest BCUT2D eigenvalue weighted by Gasteiger charge is -2.25. The second-order valence-electron chi connectivity index (χ2n) is 6.51. The van der Waals surface area contributed by atoms with Crippen LogP contribution in [0.4, 0.5) is 5.82 Å². The van der Waals surface area contributed by atoms with Crippen LogP contribution in [0.1, 0.15) is 49.8 Å². The van der Waals surface area contributed by atoms with Crippen molar-refractivity contribution in [3.63, 3.8) is 0 Å². The second kappa shape index (κ2) is 5.50. The molecule has 0 aliphatic carbocycles. The van der Waals surface area contributed by atoms with Crippen LogP contribution in [0.3, 0.4) is 0 Å². The summed E-state index contributed by atoms with van der Waals surface area (Å²) >= 11 is 0. The molecule has 1 fully saturated rings. The summed E-state index contributed by atoms with van der Waals surface area (Å²) in [6.45, 7) is 1.99. The lowest BCUT2D eigenvalue weighted by Crippen LogP contribution is -2.27. The van der Waals surface area contributed by atoms with Crippen LogP contribution in [0, 0.1) is 0 Å². The molecule has 0 amide bonds. The van der Waals surface area contributed by atoms with Gasteiger partial charge in [0.1, 0.15) is 5.82 Å². The van der Waals surface area contributed by atoms with Crippen LogP contribution >= 0.6 is 0 Å². The van der Waals surface area contributed by atoms with E-state index in [1.54, 1.807) is 0 Å². The Balaban J connectivity index is 1.52. The van der Waals surface area contributed by atoms with Gasteiger partial charge >= 0.3 is 0 Å². The molecule has 3 aromatic heterocycles. The van der Waals surface area contributed by atoms with Gasteiger partial charge in [-0.2, -0.15) is 0 Å². The van der Waals surface area contributed by atoms with Crippen LogP contribution < -0.4 is 4.90 Å². The maximum atomic E-state index is 4.56. The molecule has 1 saturated heterocycles. The number of fused-ring (bicyclic) bond motifs is 2. The average Bonchev–Trinajstić information content (AvgIpc) is 3.30. The lowest BCUT2D eigenvalue weighted by atomic mass is 10.2. The molecule has 5 rings (SSSR count). The van der Waals surface area contributed by atoms with Crippen molar-refractivity contribution >= 4 is 11.5 Å². The Labute approximate surface area is 138 Å². The van der Waals surface area contributed by atoms with Gasteiger partial charge in [-0.1, -0.05) is 6.42 Å². The van der Waals surface area contributed by atoms with Crippen LogP contribution in [-0.4, -0.2) is 46.6 Å². The Hall–Kier alpha value is -2.58. The zero-order valence-electron chi connectivity index (χ0n) is 13.4. The molecule has 0 N–H and O–H groups in total. The van der Waals surface area contributed by atoms with E-state index < -0.39 is 0 Å². The molecule has 1 atom stereocenters. The van der Waals surface area contributed by atoms with Crippen molar-refractivity contribution in [1.29, 1.82) is 0 Å². The van der Waals surface area contributed by atoms with Gasteiger partial charge in [0.25, 0.3) is 0 Å². The molecule has 124 valence electrons. The van der Waals surface area contributed by atoms with Crippen molar-refractivity contribution in [2.24, 2.45) is 0 Å². The van der Waals surface area contributed by atoms with Crippen molar-refractivity contribution in [2.75, 3.05) is 11.4 Å². The van der Waals surface area contributed by atoms with E-state index in [2.05, 4.69) is 40.3 Å². The summed E-state index contributed by atoms with van der Waals surface area (Å²) in [5.41, 5.74) is 0.658. The molecule has 0 spiro atoms. The van der Waals surface area contributed by atoms with Crippen LogP contribution in [-0.2, 0) is 13.0 Å². The molecule has 9 heteroatoms. The van der Waals surface area contributed by atoms with E-state index >= 15 is 0 Å². The minimum absolute atomic E-state index is 0.228. The number of nitrogens with zero attached hydrogens (tertiary/aromatic N) is 9. The summed E-state index contributed by atoms with van der Waals surface area (Å²) in [5.74, 6) is 3.12. The standard InChI is InChI=1S/C15H19N9/c1-2-6-12-16-18-15(23(12)9-3-1)11-5-4-10-22(11)14-8-7-13-17-20-21-24(13)19-14/h7-8,11H,1-6,9-10H2. The van der Waals surface area contributed by atoms with Crippen LogP contribution in [0.2, 0.25) is 0 Å². The minimum atomic E-state index is 0.228. The molecule has 5 heterocycles. The van der Waals surface area contributed by atoms with Crippen molar-refractivity contribution in [2.45, 2.75) is 51.1 Å². The number of tetrazole rings is 1. The van der Waals surface area contributed by atoms with E-state index in [0.29, 0.717) is 5.65 Å². The number of hydrogen-bond donors (Lipinski definition) is 0. The van der Waals surface area contributed by atoms with Gasteiger partial charge in [0.2, 0.25) is 0 Å². The highest BCUT2D eigenvalue weighted by Gasteiger charge is 2.32. The second-order valence-corrected chi connectivity index (χ2v) is 6.51. The van der Waals surface area contributed by atoms with Gasteiger partial charge < -0.3 is 9.47 Å². The normalized spacial score (nSPS) is 21.2. The van der Waals surface area contributed by atoms with Gasteiger partial charge in [-0.3, -0.25) is 0 Å². The van der Waals surface area contributed by atoms with E-state index in [4.69, 9.17) is 0 Å². The highest BCUT2D eigenvalue weighted by molar-refractivity contribution is 5.46. The molecule has 24 heavy (non-hydrogen) atoms. The number of anilines is 1. The van der Waals surface area contributed by atoms with Crippen molar-refractivity contribution < 1.29 is 0 Å². The highest BCUT2D eigenvalue weighted by Crippen LogP contribution is 2.35. The van der Waals surface area contributed by atoms with Gasteiger partial charge in [0, 0.05) is 19.5 Å². The number of hydrogen-bond acceptors (Lipinski definition) is 7. The molecule has 2 aliphatic rings. The smallest absolute Gasteiger partial charge is 0.200 e. The van der Waals surface area contributed by atoms with Crippen molar-refractivity contribution in [3.05, 3.63) is 23.8 Å². The molecule has 2 aliphatic heterocycles. The first-order valence-corrected chi connectivity index (χ1v) is 8.64. The van der Waals surface area contributed by atoms with Gasteiger partial charge in [-0.05, 0) is 48.2 Å². The summed E-state index contributed by atoms with van der Waals surface area (Å²) in [4.78, 5) is 2.31. The molecule has 3 aromatic rings. The topological polar surface area (TPSA) is 89.9 Å². The predicted molar refractivity (Wildman–Crippen MR) is 85.5 cm³/mol. The highest BCUT2D eigenvalue weighted by atomic mass is 15.6. The Bertz CT molecular complexity index is 867. The minimum Gasteiger partial charge on any atom is -0.345 e. The third-order valence-corrected chi connectivity index (χ3v) is 5.04. The lowest BCUT2D eigenvalue weighted by molar-refractivity contribution is 0.555. The molecule has 9 nitrogen and oxygen atoms in total. The predicted octanol–water partition coefficient (Wildman–Crippen LogP) is 1.18. The van der Waals surface area contributed by atoms with E-state index in [0.717, 1.165) is 49.8 Å². The monoisotopic (exact) mass is 325 g/mol. The Morgan fingerprint density at radius 2 is 1.96 bits per heavy atom. The molecule has 1 unspecified atom stereocenters. The zero-order valence-corrected chi connectivity index (χ0v) is 13.4. The summed E-state index contributed by atoms with van der Waals surface area (Å²) < 4.78 is 3.82. The van der Waals surface area contributed by atoms with Gasteiger partial charge in [-0.15, -0.1) is 25.0 Å². The van der Waals surface area contributed by atoms with Gasteiger partial charge in [0.05, 0.1) is 6.04 Å². The Morgan fingerprint density at radius 3 is 2.96 bits per heavy atom. The van der Waals surface area contributed by atoms with E-state index in [-0.39, 0.29) is 6.04 Å². The Kier molecular flexibility index (Phi) is 3.17. The fraction of sp³-hybridized carbons (Fsp3) is 0.600. The summed E-state index contributed by atoms with van der Waals surface area (Å²) in [6, 6.07) is 4.12. The average molecular weight is 325 g/mol. The molecule has 0 radical (unpaired) electrons. The molecule has 0 bridgehead atoms. The summed E-state index contributed by atoms with van der Waals surface area (Å²) in [6.07, 6.45) is 6.93. The van der Waals surface area contributed by atoms with Crippen LogP contribution in [0.25, 0.3) is 5.65 Å². The SMILES string of the molecule is c1cc2nnnn2nc1N1CCCC1c1nnc2n1CCCCC2. The van der Waals surface area contributed by atoms with Crippen LogP contribution in [0.5, 0.6) is 0 Å². The van der Waals surface area contributed by atoms with Gasteiger partial charge in [-0.25, -0.2) is 0 Å². The summed E-state index contributed by atoms with van der Waals surface area (Å²) in [5, 5.41) is 25.0.